The number of urea groups is 1. The van der Waals surface area contributed by atoms with Gasteiger partial charge in [0.1, 0.15) is 5.70 Å². The van der Waals surface area contributed by atoms with Crippen LogP contribution in [0.2, 0.25) is 0 Å². The van der Waals surface area contributed by atoms with Crippen molar-refractivity contribution in [1.82, 2.24) is 25.2 Å². The van der Waals surface area contributed by atoms with Gasteiger partial charge in [-0.1, -0.05) is 11.3 Å². The zero-order chi connectivity index (χ0) is 14.4. The molecule has 0 atom stereocenters. The number of H-pyrrole nitrogens is 1. The van der Waals surface area contributed by atoms with Crippen LogP contribution in [-0.2, 0) is 0 Å². The molecule has 2 amide bonds. The van der Waals surface area contributed by atoms with Crippen LogP contribution >= 0.6 is 11.3 Å². The Morgan fingerprint density at radius 3 is 3.14 bits per heavy atom. The second-order valence-corrected chi connectivity index (χ2v) is 5.52. The Kier molecular flexibility index (Phi) is 2.54. The van der Waals surface area contributed by atoms with Gasteiger partial charge in [0, 0.05) is 13.2 Å². The molecule has 0 unspecified atom stereocenters. The molecule has 4 heterocycles. The fraction of sp³-hybridized carbons (Fsp3) is 0.167. The Hall–Kier alpha value is -2.68. The minimum atomic E-state index is -0.215. The third-order valence-electron chi connectivity index (χ3n) is 3.26. The summed E-state index contributed by atoms with van der Waals surface area (Å²) in [4.78, 5) is 22.2. The van der Waals surface area contributed by atoms with E-state index in [4.69, 9.17) is 0 Å². The maximum atomic E-state index is 12.0. The van der Waals surface area contributed by atoms with E-state index >= 15 is 0 Å². The Morgan fingerprint density at radius 1 is 1.43 bits per heavy atom. The molecule has 8 nitrogen and oxygen atoms in total. The third kappa shape index (κ3) is 1.82. The number of nitrogens with zero attached hydrogens (tertiary/aromatic N) is 5. The zero-order valence-electron chi connectivity index (χ0n) is 11.1. The summed E-state index contributed by atoms with van der Waals surface area (Å²) in [5.74, 6) is 1.14. The Bertz CT molecular complexity index is 760. The van der Waals surface area contributed by atoms with Crippen LogP contribution < -0.4 is 5.32 Å². The average molecular weight is 301 g/mol. The molecule has 2 aliphatic rings. The first-order chi connectivity index (χ1) is 10.2. The molecule has 9 heteroatoms. The van der Waals surface area contributed by atoms with Gasteiger partial charge in [0.05, 0.1) is 17.2 Å². The van der Waals surface area contributed by atoms with Gasteiger partial charge in [-0.15, -0.1) is 16.5 Å². The van der Waals surface area contributed by atoms with E-state index in [1.807, 2.05) is 23.7 Å². The van der Waals surface area contributed by atoms with Crippen LogP contribution in [0, 0.1) is 0 Å². The van der Waals surface area contributed by atoms with Crippen molar-refractivity contribution in [2.24, 2.45) is 10.3 Å². The summed E-state index contributed by atoms with van der Waals surface area (Å²) in [6.07, 6.45) is 1.84. The van der Waals surface area contributed by atoms with E-state index in [0.717, 1.165) is 10.6 Å². The van der Waals surface area contributed by atoms with Crippen molar-refractivity contribution in [3.05, 3.63) is 35.4 Å². The van der Waals surface area contributed by atoms with E-state index in [0.29, 0.717) is 24.0 Å². The van der Waals surface area contributed by atoms with Crippen LogP contribution in [0.3, 0.4) is 0 Å². The lowest BCUT2D eigenvalue weighted by Gasteiger charge is -2.23. The molecule has 0 bridgehead atoms. The quantitative estimate of drug-likeness (QED) is 0.889. The van der Waals surface area contributed by atoms with Gasteiger partial charge in [-0.3, -0.25) is 4.90 Å². The Labute approximate surface area is 123 Å². The van der Waals surface area contributed by atoms with E-state index in [1.54, 1.807) is 18.4 Å². The molecule has 4 rings (SSSR count). The first-order valence-electron chi connectivity index (χ1n) is 6.29. The molecule has 0 spiro atoms. The average Bonchev–Trinajstić information content (AvgIpc) is 3.20. The van der Waals surface area contributed by atoms with Crippen molar-refractivity contribution in [2.75, 3.05) is 13.7 Å². The van der Waals surface area contributed by atoms with Gasteiger partial charge in [-0.25, -0.2) is 9.78 Å². The molecule has 0 aromatic carbocycles. The largest absolute Gasteiger partial charge is 0.361 e. The normalized spacial score (nSPS) is 17.5. The molecule has 0 saturated heterocycles. The molecular formula is C12H11N7OS. The number of hydrogen-bond donors (Lipinski definition) is 2. The molecule has 21 heavy (non-hydrogen) atoms. The molecule has 0 fully saturated rings. The predicted molar refractivity (Wildman–Crippen MR) is 76.7 cm³/mol. The molecule has 2 aromatic rings. The van der Waals surface area contributed by atoms with E-state index in [9.17, 15) is 4.79 Å². The molecule has 0 radical (unpaired) electrons. The topological polar surface area (TPSA) is 89.0 Å². The van der Waals surface area contributed by atoms with E-state index in [1.165, 1.54) is 9.91 Å². The number of hydrogen-bond acceptors (Lipinski definition) is 6. The number of nitrogens with one attached hydrogen (secondary N) is 2. The van der Waals surface area contributed by atoms with Crippen LogP contribution in [0.15, 0.2) is 39.9 Å². The van der Waals surface area contributed by atoms with Crippen LogP contribution in [0.25, 0.3) is 16.3 Å². The summed E-state index contributed by atoms with van der Waals surface area (Å²) < 4.78 is 0. The van der Waals surface area contributed by atoms with E-state index in [-0.39, 0.29) is 6.03 Å². The monoisotopic (exact) mass is 301 g/mol. The smallest absolute Gasteiger partial charge is 0.348 e. The molecule has 106 valence electrons. The zero-order valence-corrected chi connectivity index (χ0v) is 11.9. The van der Waals surface area contributed by atoms with Crippen molar-refractivity contribution in [3.63, 3.8) is 0 Å². The highest BCUT2D eigenvalue weighted by molar-refractivity contribution is 7.13. The second-order valence-electron chi connectivity index (χ2n) is 4.57. The fourth-order valence-electron chi connectivity index (χ4n) is 2.22. The Balaban J connectivity index is 1.74. The summed E-state index contributed by atoms with van der Waals surface area (Å²) in [5, 5.41) is 14.2. The lowest BCUT2D eigenvalue weighted by molar-refractivity contribution is 0.165. The van der Waals surface area contributed by atoms with Gasteiger partial charge in [0.25, 0.3) is 0 Å². The summed E-state index contributed by atoms with van der Waals surface area (Å²) in [6, 6.07) is 3.78. The number of amides is 2. The first kappa shape index (κ1) is 12.1. The highest BCUT2D eigenvalue weighted by atomic mass is 32.1. The predicted octanol–water partition coefficient (Wildman–Crippen LogP) is 2.06. The third-order valence-corrected chi connectivity index (χ3v) is 4.16. The number of aromatic amines is 1. The van der Waals surface area contributed by atoms with Gasteiger partial charge in [0.15, 0.2) is 11.6 Å². The van der Waals surface area contributed by atoms with Crippen molar-refractivity contribution in [2.45, 2.75) is 0 Å². The van der Waals surface area contributed by atoms with Crippen molar-refractivity contribution in [3.8, 4) is 10.6 Å². The molecule has 2 aromatic heterocycles. The summed E-state index contributed by atoms with van der Waals surface area (Å²) in [7, 11) is 1.57. The summed E-state index contributed by atoms with van der Waals surface area (Å²) >= 11 is 1.62. The molecule has 2 N–H and O–H groups in total. The number of rotatable bonds is 2. The number of imidazole rings is 1. The van der Waals surface area contributed by atoms with Crippen molar-refractivity contribution < 1.29 is 4.79 Å². The number of fused-ring (bicyclic) bond motifs is 1. The van der Waals surface area contributed by atoms with Crippen LogP contribution in [-0.4, -0.2) is 39.6 Å². The standard InChI is InChI=1S/C12H11N7OS/c1-18-12(20)19-6-14-9(11(19)16-17-18)10-13-5-7(15-10)8-3-2-4-21-8/h2-5,14H,6H2,1H3,(H,13,15). The maximum absolute atomic E-state index is 12.0. The summed E-state index contributed by atoms with van der Waals surface area (Å²) in [5.41, 5.74) is 1.55. The van der Waals surface area contributed by atoms with Gasteiger partial charge in [0.2, 0.25) is 0 Å². The molecular weight excluding hydrogens is 290 g/mol. The lowest BCUT2D eigenvalue weighted by Crippen LogP contribution is -2.40. The molecule has 0 aliphatic carbocycles. The van der Waals surface area contributed by atoms with Gasteiger partial charge in [-0.2, -0.15) is 5.01 Å². The maximum Gasteiger partial charge on any atom is 0.348 e. The van der Waals surface area contributed by atoms with Crippen molar-refractivity contribution in [1.29, 1.82) is 0 Å². The van der Waals surface area contributed by atoms with Crippen LogP contribution in [0.4, 0.5) is 4.79 Å². The fourth-order valence-corrected chi connectivity index (χ4v) is 2.91. The van der Waals surface area contributed by atoms with Gasteiger partial charge < -0.3 is 10.3 Å². The highest BCUT2D eigenvalue weighted by Gasteiger charge is 2.34. The number of thiophene rings is 1. The van der Waals surface area contributed by atoms with E-state index < -0.39 is 0 Å². The van der Waals surface area contributed by atoms with Crippen LogP contribution in [0.1, 0.15) is 5.82 Å². The Morgan fingerprint density at radius 2 is 2.33 bits per heavy atom. The first-order valence-corrected chi connectivity index (χ1v) is 7.16. The van der Waals surface area contributed by atoms with Gasteiger partial charge >= 0.3 is 6.03 Å². The molecule has 0 saturated carbocycles. The van der Waals surface area contributed by atoms with Crippen LogP contribution in [0.5, 0.6) is 0 Å². The minimum Gasteiger partial charge on any atom is -0.361 e. The highest BCUT2D eigenvalue weighted by Crippen LogP contribution is 2.29. The van der Waals surface area contributed by atoms with Crippen molar-refractivity contribution >= 4 is 23.1 Å². The second kappa shape index (κ2) is 4.42. The molecule has 2 aliphatic heterocycles. The lowest BCUT2D eigenvalue weighted by atomic mass is 10.4. The SMILES string of the molecule is CN1N=NC2=C(c3nc(-c4cccs4)c[nH]3)NCN2C1=O. The van der Waals surface area contributed by atoms with E-state index in [2.05, 4.69) is 25.6 Å². The number of carbonyl (C=O) groups is 1. The van der Waals surface area contributed by atoms with Gasteiger partial charge in [-0.05, 0) is 11.4 Å². The summed E-state index contributed by atoms with van der Waals surface area (Å²) in [6.45, 7) is 0.363. The minimum absolute atomic E-state index is 0.215. The number of aromatic nitrogens is 2. The number of carbonyl (C=O) groups excluding carboxylic acids is 1.